The summed E-state index contributed by atoms with van der Waals surface area (Å²) in [7, 11) is 0. The van der Waals surface area contributed by atoms with Gasteiger partial charge in [-0.2, -0.15) is 0 Å². The van der Waals surface area contributed by atoms with Crippen molar-refractivity contribution in [2.75, 3.05) is 32.8 Å². The summed E-state index contributed by atoms with van der Waals surface area (Å²) in [5, 5.41) is 11.0. The summed E-state index contributed by atoms with van der Waals surface area (Å²) in [5.41, 5.74) is 3.80. The number of dihydropyridines is 1. The van der Waals surface area contributed by atoms with E-state index < -0.39 is 17.7 Å². The van der Waals surface area contributed by atoms with Crippen molar-refractivity contribution < 1.29 is 18.3 Å². The molecule has 1 aromatic rings. The number of nitrogens with zero attached hydrogens (tertiary/aromatic N) is 2. The molecule has 4 aliphatic heterocycles. The first kappa shape index (κ1) is 21.6. The Kier molecular flexibility index (Phi) is 6.12. The van der Waals surface area contributed by atoms with Gasteiger partial charge in [0, 0.05) is 37.5 Å². The third-order valence-electron chi connectivity index (χ3n) is 5.98. The Morgan fingerprint density at radius 2 is 2.03 bits per heavy atom. The van der Waals surface area contributed by atoms with Gasteiger partial charge in [-0.1, -0.05) is 24.3 Å². The lowest BCUT2D eigenvalue weighted by molar-refractivity contribution is -0.119. The standard InChI is InChI=1S/C23H26F2N6O2/c24-15-4-5-17(18(25)12-15)19-6-7-22-26-13-20(31(22)29-19)23(32)28-21-3-1-2-16(27-21)14-30-8-10-33-11-9-30/h1-7,12-13,16,19,22,26-27,29H,8-11,14H2,(H,28,32). The van der Waals surface area contributed by atoms with E-state index in [-0.39, 0.29) is 18.1 Å². The van der Waals surface area contributed by atoms with Gasteiger partial charge in [0.15, 0.2) is 0 Å². The van der Waals surface area contributed by atoms with Crippen LogP contribution in [0.5, 0.6) is 0 Å². The van der Waals surface area contributed by atoms with Crippen LogP contribution in [-0.4, -0.2) is 60.9 Å². The Morgan fingerprint density at radius 1 is 1.18 bits per heavy atom. The van der Waals surface area contributed by atoms with Crippen LogP contribution in [0.4, 0.5) is 8.78 Å². The smallest absolute Gasteiger partial charge is 0.276 e. The highest BCUT2D eigenvalue weighted by Gasteiger charge is 2.34. The van der Waals surface area contributed by atoms with E-state index in [0.29, 0.717) is 17.1 Å². The summed E-state index contributed by atoms with van der Waals surface area (Å²) in [6.07, 6.45) is 10.8. The van der Waals surface area contributed by atoms with Crippen molar-refractivity contribution in [3.8, 4) is 0 Å². The van der Waals surface area contributed by atoms with Gasteiger partial charge in [0.1, 0.15) is 29.3 Å². The summed E-state index contributed by atoms with van der Waals surface area (Å²) < 4.78 is 33.0. The largest absolute Gasteiger partial charge is 0.379 e. The van der Waals surface area contributed by atoms with Gasteiger partial charge in [0.25, 0.3) is 5.91 Å². The molecule has 0 saturated carbocycles. The molecule has 4 heterocycles. The molecule has 8 nitrogen and oxygen atoms in total. The van der Waals surface area contributed by atoms with Crippen LogP contribution in [0.1, 0.15) is 11.6 Å². The molecule has 4 aliphatic rings. The third-order valence-corrected chi connectivity index (χ3v) is 5.98. The second-order valence-electron chi connectivity index (χ2n) is 8.25. The highest BCUT2D eigenvalue weighted by atomic mass is 19.1. The monoisotopic (exact) mass is 456 g/mol. The van der Waals surface area contributed by atoms with Gasteiger partial charge in [-0.05, 0) is 18.2 Å². The van der Waals surface area contributed by atoms with Crippen LogP contribution in [0.3, 0.4) is 0 Å². The van der Waals surface area contributed by atoms with Crippen LogP contribution in [0, 0.1) is 11.6 Å². The molecule has 0 aliphatic carbocycles. The van der Waals surface area contributed by atoms with Gasteiger partial charge in [0.2, 0.25) is 0 Å². The van der Waals surface area contributed by atoms with E-state index in [1.807, 2.05) is 18.2 Å². The van der Waals surface area contributed by atoms with Gasteiger partial charge < -0.3 is 20.7 Å². The van der Waals surface area contributed by atoms with E-state index in [9.17, 15) is 13.6 Å². The molecule has 4 N–H and O–H groups in total. The minimum atomic E-state index is -0.646. The lowest BCUT2D eigenvalue weighted by atomic mass is 10.0. The van der Waals surface area contributed by atoms with Gasteiger partial charge >= 0.3 is 0 Å². The van der Waals surface area contributed by atoms with Crippen molar-refractivity contribution in [1.82, 2.24) is 31.3 Å². The summed E-state index contributed by atoms with van der Waals surface area (Å²) in [6, 6.07) is 3.01. The number of hydrogen-bond acceptors (Lipinski definition) is 7. The molecule has 1 aromatic carbocycles. The predicted octanol–water partition coefficient (Wildman–Crippen LogP) is 0.971. The SMILES string of the molecule is O=C(NC1=CC=CC(CN2CCOCC2)N1)C1=CNC2C=CC(c3ccc(F)cc3F)NN12. The van der Waals surface area contributed by atoms with Crippen LogP contribution in [0.2, 0.25) is 0 Å². The van der Waals surface area contributed by atoms with E-state index in [4.69, 9.17) is 4.74 Å². The number of carbonyl (C=O) groups is 1. The van der Waals surface area contributed by atoms with E-state index in [1.54, 1.807) is 17.3 Å². The number of allylic oxidation sites excluding steroid dienone is 2. The Labute approximate surface area is 190 Å². The summed E-state index contributed by atoms with van der Waals surface area (Å²) in [5.74, 6) is -0.984. The number of carbonyl (C=O) groups excluding carboxylic acids is 1. The zero-order valence-corrected chi connectivity index (χ0v) is 17.9. The zero-order valence-electron chi connectivity index (χ0n) is 17.9. The Hall–Kier alpha value is -3.21. The molecule has 10 heteroatoms. The molecule has 5 rings (SSSR count). The fourth-order valence-corrected chi connectivity index (χ4v) is 4.28. The lowest BCUT2D eigenvalue weighted by Crippen LogP contribution is -2.52. The average molecular weight is 456 g/mol. The van der Waals surface area contributed by atoms with Crippen LogP contribution >= 0.6 is 0 Å². The summed E-state index contributed by atoms with van der Waals surface area (Å²) in [4.78, 5) is 15.4. The summed E-state index contributed by atoms with van der Waals surface area (Å²) >= 11 is 0. The Balaban J connectivity index is 1.21. The molecule has 174 valence electrons. The topological polar surface area (TPSA) is 80.9 Å². The predicted molar refractivity (Wildman–Crippen MR) is 118 cm³/mol. The number of rotatable bonds is 5. The molecule has 1 saturated heterocycles. The number of hydrogen-bond donors (Lipinski definition) is 4. The zero-order chi connectivity index (χ0) is 22.8. The van der Waals surface area contributed by atoms with Crippen molar-refractivity contribution in [1.29, 1.82) is 0 Å². The number of fused-ring (bicyclic) bond motifs is 1. The van der Waals surface area contributed by atoms with Crippen LogP contribution in [0.15, 0.2) is 66.3 Å². The van der Waals surface area contributed by atoms with Crippen molar-refractivity contribution >= 4 is 5.91 Å². The van der Waals surface area contributed by atoms with E-state index in [2.05, 4.69) is 32.4 Å². The number of hydrazine groups is 1. The lowest BCUT2D eigenvalue weighted by Gasteiger charge is -2.35. The molecule has 1 fully saturated rings. The maximum absolute atomic E-state index is 14.3. The molecule has 0 bridgehead atoms. The molecule has 3 atom stereocenters. The molecule has 0 aromatic heterocycles. The van der Waals surface area contributed by atoms with Gasteiger partial charge in [-0.25, -0.2) is 14.2 Å². The Bertz CT molecular complexity index is 1030. The maximum atomic E-state index is 14.3. The first-order chi connectivity index (χ1) is 16.1. The normalized spacial score (nSPS) is 26.7. The van der Waals surface area contributed by atoms with Gasteiger partial charge in [-0.15, -0.1) is 0 Å². The van der Waals surface area contributed by atoms with E-state index in [0.717, 1.165) is 38.9 Å². The van der Waals surface area contributed by atoms with Crippen molar-refractivity contribution in [2.45, 2.75) is 18.2 Å². The van der Waals surface area contributed by atoms with Gasteiger partial charge in [0.05, 0.1) is 25.3 Å². The van der Waals surface area contributed by atoms with E-state index in [1.165, 1.54) is 12.1 Å². The van der Waals surface area contributed by atoms with Crippen LogP contribution in [0.25, 0.3) is 0 Å². The number of halogens is 2. The number of nitrogens with one attached hydrogen (secondary N) is 4. The van der Waals surface area contributed by atoms with Crippen molar-refractivity contribution in [3.63, 3.8) is 0 Å². The molecular formula is C23H26F2N6O2. The van der Waals surface area contributed by atoms with E-state index >= 15 is 0 Å². The fraction of sp³-hybridized carbons (Fsp3) is 0.348. The quantitative estimate of drug-likeness (QED) is 0.492. The highest BCUT2D eigenvalue weighted by molar-refractivity contribution is 5.94. The van der Waals surface area contributed by atoms with Gasteiger partial charge in [-0.3, -0.25) is 14.7 Å². The second kappa shape index (κ2) is 9.34. The first-order valence-electron chi connectivity index (χ1n) is 11.0. The highest BCUT2D eigenvalue weighted by Crippen LogP contribution is 2.27. The second-order valence-corrected chi connectivity index (χ2v) is 8.25. The molecule has 1 amide bonds. The third kappa shape index (κ3) is 4.77. The van der Waals surface area contributed by atoms with Crippen molar-refractivity contribution in [3.05, 3.63) is 83.5 Å². The number of ether oxygens (including phenoxy) is 1. The number of amides is 1. The minimum absolute atomic E-state index is 0.0775. The number of benzene rings is 1. The molecule has 0 spiro atoms. The summed E-state index contributed by atoms with van der Waals surface area (Å²) in [6.45, 7) is 4.07. The van der Waals surface area contributed by atoms with Crippen LogP contribution < -0.4 is 21.4 Å². The minimum Gasteiger partial charge on any atom is -0.379 e. The maximum Gasteiger partial charge on any atom is 0.276 e. The molecular weight excluding hydrogens is 430 g/mol. The average Bonchev–Trinajstić information content (AvgIpc) is 3.23. The first-order valence-corrected chi connectivity index (χ1v) is 11.0. The fourth-order valence-electron chi connectivity index (χ4n) is 4.28. The van der Waals surface area contributed by atoms with Crippen LogP contribution in [-0.2, 0) is 9.53 Å². The number of morpholine rings is 1. The molecule has 3 unspecified atom stereocenters. The molecule has 0 radical (unpaired) electrons. The Morgan fingerprint density at radius 3 is 2.85 bits per heavy atom. The van der Waals surface area contributed by atoms with Crippen molar-refractivity contribution in [2.24, 2.45) is 0 Å². The molecule has 33 heavy (non-hydrogen) atoms.